The molecule has 0 saturated carbocycles. The Morgan fingerprint density at radius 3 is 2.70 bits per heavy atom. The van der Waals surface area contributed by atoms with Crippen LogP contribution < -0.4 is 11.3 Å². The minimum Gasteiger partial charge on any atom is -0.398 e. The van der Waals surface area contributed by atoms with Gasteiger partial charge in [0.05, 0.1) is 11.2 Å². The molecule has 0 bridgehead atoms. The maximum absolute atomic E-state index is 7.86. The van der Waals surface area contributed by atoms with Crippen LogP contribution in [-0.4, -0.2) is 23.5 Å². The van der Waals surface area contributed by atoms with Crippen molar-refractivity contribution in [3.63, 3.8) is 0 Å². The van der Waals surface area contributed by atoms with Crippen molar-refractivity contribution >= 4 is 52.9 Å². The highest BCUT2D eigenvalue weighted by Gasteiger charge is 2.26. The third-order valence-electron chi connectivity index (χ3n) is 5.67. The van der Waals surface area contributed by atoms with Crippen molar-refractivity contribution in [2.24, 2.45) is 0 Å². The van der Waals surface area contributed by atoms with Gasteiger partial charge in [0.2, 0.25) is 7.28 Å². The molecule has 27 heavy (non-hydrogen) atoms. The molecule has 2 aromatic heterocycles. The summed E-state index contributed by atoms with van der Waals surface area (Å²) in [5, 5.41) is 9.44. The number of fused-ring (bicyclic) bond motifs is 4. The number of aromatic nitrogens is 2. The van der Waals surface area contributed by atoms with E-state index in [9.17, 15) is 0 Å². The molecule has 4 nitrogen and oxygen atoms in total. The summed E-state index contributed by atoms with van der Waals surface area (Å²) in [5.74, 6) is 2.21. The summed E-state index contributed by atoms with van der Waals surface area (Å²) in [6.45, 7) is 0. The van der Waals surface area contributed by atoms with Gasteiger partial charge in [0.1, 0.15) is 5.15 Å². The number of aryl methyl sites for hydroxylation is 1. The zero-order chi connectivity index (χ0) is 18.5. The monoisotopic (exact) mass is 372 g/mol. The highest BCUT2D eigenvalue weighted by atomic mass is 35.5. The molecule has 2 aliphatic rings. The van der Waals surface area contributed by atoms with Crippen molar-refractivity contribution < 1.29 is 0 Å². The fourth-order valence-electron chi connectivity index (χ4n) is 4.45. The van der Waals surface area contributed by atoms with Gasteiger partial charge in [-0.05, 0) is 66.1 Å². The molecule has 0 amide bonds. The van der Waals surface area contributed by atoms with Crippen LogP contribution in [0.25, 0.3) is 16.5 Å². The van der Waals surface area contributed by atoms with Gasteiger partial charge < -0.3 is 11.1 Å². The summed E-state index contributed by atoms with van der Waals surface area (Å²) in [6.07, 6.45) is 5.70. The Kier molecular flexibility index (Phi) is 3.79. The van der Waals surface area contributed by atoms with Crippen LogP contribution in [0, 0.1) is 5.41 Å². The molecule has 132 valence electrons. The number of hydrogen-bond donors (Lipinski definition) is 2. The number of benzene rings is 1. The van der Waals surface area contributed by atoms with E-state index in [1.54, 1.807) is 0 Å². The average molecular weight is 373 g/mol. The molecule has 1 aliphatic carbocycles. The lowest BCUT2D eigenvalue weighted by Crippen LogP contribution is -2.17. The van der Waals surface area contributed by atoms with E-state index in [0.29, 0.717) is 10.8 Å². The van der Waals surface area contributed by atoms with Crippen molar-refractivity contribution in [2.75, 3.05) is 5.73 Å². The summed E-state index contributed by atoms with van der Waals surface area (Å²) in [7, 11) is 0.785. The molecule has 1 aromatic carbocycles. The molecule has 0 radical (unpaired) electrons. The predicted molar refractivity (Wildman–Crippen MR) is 114 cm³/mol. The third-order valence-corrected chi connectivity index (χ3v) is 5.88. The summed E-state index contributed by atoms with van der Waals surface area (Å²) in [6, 6.07) is 7.73. The van der Waals surface area contributed by atoms with Crippen LogP contribution in [-0.2, 0) is 12.8 Å². The van der Waals surface area contributed by atoms with Crippen LogP contribution in [0.15, 0.2) is 30.2 Å². The van der Waals surface area contributed by atoms with Crippen molar-refractivity contribution in [2.45, 2.75) is 25.7 Å². The Hall–Kier alpha value is -2.66. The SMILES string of the molecule is N=Cc1c(N)ccc2nc(C3=CBc4nc(Cl)ccc43)c3c(c12)CCCC3. The maximum Gasteiger partial charge on any atom is 0.209 e. The minimum atomic E-state index is 0.531. The number of halogens is 1. The van der Waals surface area contributed by atoms with E-state index in [1.807, 2.05) is 18.2 Å². The lowest BCUT2D eigenvalue weighted by atomic mass is 9.77. The average Bonchev–Trinajstić information content (AvgIpc) is 3.10. The maximum atomic E-state index is 7.86. The molecule has 0 atom stereocenters. The number of hydrogen-bond acceptors (Lipinski definition) is 4. The van der Waals surface area contributed by atoms with Crippen LogP contribution in [0.4, 0.5) is 5.69 Å². The van der Waals surface area contributed by atoms with Crippen LogP contribution in [0.2, 0.25) is 5.15 Å². The summed E-state index contributed by atoms with van der Waals surface area (Å²) in [5.41, 5.74) is 15.5. The number of nitrogens with one attached hydrogen (secondary N) is 1. The van der Waals surface area contributed by atoms with E-state index in [1.165, 1.54) is 17.3 Å². The molecule has 0 spiro atoms. The standard InChI is InChI=1S/C21H18BClN4/c23-18-8-5-13-14(9-22-21(13)27-18)20-12-4-2-1-3-11(12)19-15(10-24)16(25)6-7-17(19)26-20/h5-10,22,24H,1-4,25H2. The largest absolute Gasteiger partial charge is 0.398 e. The highest BCUT2D eigenvalue weighted by molar-refractivity contribution is 6.63. The topological polar surface area (TPSA) is 75.7 Å². The Balaban J connectivity index is 1.81. The van der Waals surface area contributed by atoms with Crippen molar-refractivity contribution in [3.8, 4) is 0 Å². The molecular formula is C21H18BClN4. The first-order chi connectivity index (χ1) is 13.2. The van der Waals surface area contributed by atoms with E-state index < -0.39 is 0 Å². The van der Waals surface area contributed by atoms with Gasteiger partial charge in [0, 0.05) is 28.4 Å². The summed E-state index contributed by atoms with van der Waals surface area (Å²) in [4.78, 5) is 9.54. The number of pyridine rings is 2. The molecule has 3 heterocycles. The smallest absolute Gasteiger partial charge is 0.209 e. The first kappa shape index (κ1) is 16.5. The van der Waals surface area contributed by atoms with Crippen LogP contribution >= 0.6 is 11.6 Å². The Labute approximate surface area is 163 Å². The Bertz CT molecular complexity index is 1150. The number of anilines is 1. The zero-order valence-corrected chi connectivity index (χ0v) is 15.6. The molecule has 6 heteroatoms. The molecule has 0 saturated heterocycles. The lowest BCUT2D eigenvalue weighted by molar-refractivity contribution is 0.685. The fraction of sp³-hybridized carbons (Fsp3) is 0.190. The first-order valence-corrected chi connectivity index (χ1v) is 9.66. The van der Waals surface area contributed by atoms with Crippen molar-refractivity contribution in [1.82, 2.24) is 9.97 Å². The quantitative estimate of drug-likeness (QED) is 0.314. The molecular weight excluding hydrogens is 355 g/mol. The van der Waals surface area contributed by atoms with Gasteiger partial charge >= 0.3 is 0 Å². The molecule has 3 aromatic rings. The third kappa shape index (κ3) is 2.49. The van der Waals surface area contributed by atoms with Crippen LogP contribution in [0.5, 0.6) is 0 Å². The number of nitrogens with zero attached hydrogens (tertiary/aromatic N) is 2. The zero-order valence-electron chi connectivity index (χ0n) is 14.8. The summed E-state index contributed by atoms with van der Waals surface area (Å²) >= 11 is 6.08. The molecule has 5 rings (SSSR count). The predicted octanol–water partition coefficient (Wildman–Crippen LogP) is 3.21. The normalized spacial score (nSPS) is 15.1. The number of nitrogens with two attached hydrogens (primary N) is 1. The van der Waals surface area contributed by atoms with Crippen LogP contribution in [0.1, 0.15) is 40.8 Å². The molecule has 0 unspecified atom stereocenters. The number of rotatable bonds is 2. The van der Waals surface area contributed by atoms with Gasteiger partial charge in [-0.2, -0.15) is 0 Å². The Morgan fingerprint density at radius 2 is 1.89 bits per heavy atom. The van der Waals surface area contributed by atoms with Gasteiger partial charge in [-0.3, -0.25) is 4.98 Å². The van der Waals surface area contributed by atoms with Gasteiger partial charge in [-0.1, -0.05) is 17.7 Å². The first-order valence-electron chi connectivity index (χ1n) is 9.28. The summed E-state index contributed by atoms with van der Waals surface area (Å²) < 4.78 is 0. The van der Waals surface area contributed by atoms with Crippen molar-refractivity contribution in [3.05, 3.63) is 63.3 Å². The second-order valence-electron chi connectivity index (χ2n) is 7.18. The van der Waals surface area contributed by atoms with E-state index in [0.717, 1.165) is 71.9 Å². The van der Waals surface area contributed by atoms with Gasteiger partial charge in [0.25, 0.3) is 0 Å². The van der Waals surface area contributed by atoms with E-state index in [-0.39, 0.29) is 0 Å². The van der Waals surface area contributed by atoms with E-state index in [4.69, 9.17) is 27.7 Å². The molecule has 0 fully saturated rings. The van der Waals surface area contributed by atoms with E-state index >= 15 is 0 Å². The Morgan fingerprint density at radius 1 is 1.07 bits per heavy atom. The second kappa shape index (κ2) is 6.20. The molecule has 1 aliphatic heterocycles. The van der Waals surface area contributed by atoms with Gasteiger partial charge in [-0.25, -0.2) is 4.98 Å². The minimum absolute atomic E-state index is 0.531. The second-order valence-corrected chi connectivity index (χ2v) is 7.57. The van der Waals surface area contributed by atoms with Crippen LogP contribution in [0.3, 0.4) is 0 Å². The fourth-order valence-corrected chi connectivity index (χ4v) is 4.62. The van der Waals surface area contributed by atoms with Crippen molar-refractivity contribution in [1.29, 1.82) is 5.41 Å². The van der Waals surface area contributed by atoms with Gasteiger partial charge in [0.15, 0.2) is 0 Å². The lowest BCUT2D eigenvalue weighted by Gasteiger charge is -2.23. The highest BCUT2D eigenvalue weighted by Crippen LogP contribution is 2.38. The molecule has 3 N–H and O–H groups in total. The van der Waals surface area contributed by atoms with Gasteiger partial charge in [-0.15, -0.1) is 5.98 Å². The number of nitrogen functional groups attached to an aromatic ring is 1. The van der Waals surface area contributed by atoms with E-state index in [2.05, 4.69) is 17.0 Å².